The number of carbonyl (C=O) groups excluding carboxylic acids is 1. The molecule has 1 aliphatic carbocycles. The van der Waals surface area contributed by atoms with Crippen molar-refractivity contribution in [1.82, 2.24) is 5.32 Å². The summed E-state index contributed by atoms with van der Waals surface area (Å²) >= 11 is 0. The third kappa shape index (κ3) is 5.74. The Morgan fingerprint density at radius 1 is 1.29 bits per heavy atom. The van der Waals surface area contributed by atoms with E-state index in [1.807, 2.05) is 0 Å². The number of alkyl halides is 2. The van der Waals surface area contributed by atoms with Crippen LogP contribution in [0.1, 0.15) is 62.1 Å². The Balaban J connectivity index is 1.88. The Labute approximate surface area is 141 Å². The Morgan fingerprint density at radius 2 is 2.08 bits per heavy atom. The third-order valence-electron chi connectivity index (χ3n) is 4.35. The number of rotatable bonds is 9. The summed E-state index contributed by atoms with van der Waals surface area (Å²) in [5.41, 5.74) is 7.44. The Bertz CT molecular complexity index is 538. The lowest BCUT2D eigenvalue weighted by Gasteiger charge is -2.27. The number of nitrogens with one attached hydrogen (secondary N) is 1. The summed E-state index contributed by atoms with van der Waals surface area (Å²) in [4.78, 5) is 12.1. The molecule has 4 nitrogen and oxygen atoms in total. The van der Waals surface area contributed by atoms with Crippen LogP contribution in [0.15, 0.2) is 18.2 Å². The molecule has 0 heterocycles. The van der Waals surface area contributed by atoms with E-state index in [4.69, 9.17) is 5.73 Å². The number of benzene rings is 1. The molecule has 0 bridgehead atoms. The van der Waals surface area contributed by atoms with Crippen LogP contribution < -0.4 is 15.8 Å². The van der Waals surface area contributed by atoms with E-state index in [0.717, 1.165) is 56.1 Å². The molecule has 134 valence electrons. The highest BCUT2D eigenvalue weighted by molar-refractivity contribution is 5.76. The number of amides is 1. The Kier molecular flexibility index (Phi) is 7.43. The molecule has 1 aromatic rings. The van der Waals surface area contributed by atoms with E-state index in [1.165, 1.54) is 0 Å². The first-order valence-electron chi connectivity index (χ1n) is 8.67. The van der Waals surface area contributed by atoms with Gasteiger partial charge in [0.1, 0.15) is 5.75 Å². The van der Waals surface area contributed by atoms with E-state index in [2.05, 4.69) is 10.1 Å². The molecule has 0 aliphatic heterocycles. The van der Waals surface area contributed by atoms with Crippen molar-refractivity contribution < 1.29 is 18.3 Å². The molecule has 24 heavy (non-hydrogen) atoms. The van der Waals surface area contributed by atoms with Crippen LogP contribution in [-0.2, 0) is 11.2 Å². The Morgan fingerprint density at radius 3 is 2.83 bits per heavy atom. The van der Waals surface area contributed by atoms with Crippen molar-refractivity contribution in [3.63, 3.8) is 0 Å². The number of halogens is 2. The lowest BCUT2D eigenvalue weighted by atomic mass is 9.87. The molecule has 1 amide bonds. The highest BCUT2D eigenvalue weighted by Crippen LogP contribution is 2.32. The minimum absolute atomic E-state index is 0.0362. The van der Waals surface area contributed by atoms with Gasteiger partial charge in [-0.15, -0.1) is 0 Å². The predicted molar refractivity (Wildman–Crippen MR) is 89.0 cm³/mol. The summed E-state index contributed by atoms with van der Waals surface area (Å²) in [6.07, 6.45) is 7.08. The van der Waals surface area contributed by atoms with Crippen molar-refractivity contribution >= 4 is 5.91 Å². The third-order valence-corrected chi connectivity index (χ3v) is 4.35. The van der Waals surface area contributed by atoms with Crippen LogP contribution >= 0.6 is 0 Å². The van der Waals surface area contributed by atoms with Crippen LogP contribution in [0.5, 0.6) is 5.75 Å². The summed E-state index contributed by atoms with van der Waals surface area (Å²) in [7, 11) is 0. The molecule has 1 aromatic carbocycles. The molecule has 6 heteroatoms. The highest BCUT2D eigenvalue weighted by atomic mass is 19.3. The molecule has 0 saturated carbocycles. The van der Waals surface area contributed by atoms with Gasteiger partial charge >= 0.3 is 6.61 Å². The average Bonchev–Trinajstić information content (AvgIpc) is 2.54. The number of hydrogen-bond acceptors (Lipinski definition) is 3. The Hall–Kier alpha value is -1.69. The van der Waals surface area contributed by atoms with Gasteiger partial charge < -0.3 is 15.8 Å². The fourth-order valence-electron chi connectivity index (χ4n) is 3.17. The van der Waals surface area contributed by atoms with E-state index >= 15 is 0 Å². The maximum Gasteiger partial charge on any atom is 0.387 e. The quantitative estimate of drug-likeness (QED) is 0.674. The normalized spacial score (nSPS) is 16.8. The minimum Gasteiger partial charge on any atom is -0.435 e. The number of hydrogen-bond donors (Lipinski definition) is 2. The number of ether oxygens (including phenoxy) is 1. The van der Waals surface area contributed by atoms with E-state index < -0.39 is 6.61 Å². The first-order valence-corrected chi connectivity index (χ1v) is 8.67. The van der Waals surface area contributed by atoms with Crippen LogP contribution in [0, 0.1) is 0 Å². The SMILES string of the molecule is NCCCCCCC(=O)NC1CCCc2cc(OC(F)F)ccc21. The summed E-state index contributed by atoms with van der Waals surface area (Å²) in [5.74, 6) is 0.226. The van der Waals surface area contributed by atoms with Gasteiger partial charge in [-0.2, -0.15) is 8.78 Å². The lowest BCUT2D eigenvalue weighted by Crippen LogP contribution is -2.30. The number of fused-ring (bicyclic) bond motifs is 1. The van der Waals surface area contributed by atoms with E-state index in [-0.39, 0.29) is 17.7 Å². The molecule has 2 rings (SSSR count). The molecular formula is C18H26F2N2O2. The summed E-state index contributed by atoms with van der Waals surface area (Å²) in [5, 5.41) is 3.07. The average molecular weight is 340 g/mol. The second kappa shape index (κ2) is 9.57. The van der Waals surface area contributed by atoms with Gasteiger partial charge in [0.2, 0.25) is 5.91 Å². The number of nitrogens with two attached hydrogens (primary N) is 1. The molecule has 0 aromatic heterocycles. The van der Waals surface area contributed by atoms with Crippen molar-refractivity contribution in [2.45, 2.75) is 64.0 Å². The van der Waals surface area contributed by atoms with Crippen LogP contribution in [-0.4, -0.2) is 19.1 Å². The van der Waals surface area contributed by atoms with Gasteiger partial charge in [0.25, 0.3) is 0 Å². The largest absolute Gasteiger partial charge is 0.435 e. The molecule has 1 atom stereocenters. The zero-order valence-electron chi connectivity index (χ0n) is 13.9. The minimum atomic E-state index is -2.82. The molecular weight excluding hydrogens is 314 g/mol. The van der Waals surface area contributed by atoms with Crippen LogP contribution in [0.2, 0.25) is 0 Å². The second-order valence-electron chi connectivity index (χ2n) is 6.20. The van der Waals surface area contributed by atoms with Gasteiger partial charge in [0.15, 0.2) is 0 Å². The maximum atomic E-state index is 12.3. The molecule has 0 spiro atoms. The number of unbranched alkanes of at least 4 members (excludes halogenated alkanes) is 3. The van der Waals surface area contributed by atoms with E-state index in [0.29, 0.717) is 13.0 Å². The van der Waals surface area contributed by atoms with Crippen molar-refractivity contribution in [2.24, 2.45) is 5.73 Å². The van der Waals surface area contributed by atoms with Gasteiger partial charge in [0.05, 0.1) is 6.04 Å². The van der Waals surface area contributed by atoms with Crippen LogP contribution in [0.25, 0.3) is 0 Å². The first kappa shape index (κ1) is 18.6. The van der Waals surface area contributed by atoms with Crippen LogP contribution in [0.3, 0.4) is 0 Å². The topological polar surface area (TPSA) is 64.4 Å². The zero-order chi connectivity index (χ0) is 17.4. The van der Waals surface area contributed by atoms with Gasteiger partial charge in [0, 0.05) is 6.42 Å². The molecule has 1 aliphatic rings. The van der Waals surface area contributed by atoms with Crippen molar-refractivity contribution in [3.8, 4) is 5.75 Å². The molecule has 0 fully saturated rings. The van der Waals surface area contributed by atoms with Gasteiger partial charge in [-0.25, -0.2) is 0 Å². The van der Waals surface area contributed by atoms with E-state index in [9.17, 15) is 13.6 Å². The smallest absolute Gasteiger partial charge is 0.387 e. The van der Waals surface area contributed by atoms with E-state index in [1.54, 1.807) is 18.2 Å². The summed E-state index contributed by atoms with van der Waals surface area (Å²) < 4.78 is 29.1. The van der Waals surface area contributed by atoms with Crippen molar-refractivity contribution in [2.75, 3.05) is 6.54 Å². The fraction of sp³-hybridized carbons (Fsp3) is 0.611. The number of carbonyl (C=O) groups is 1. The molecule has 0 saturated heterocycles. The monoisotopic (exact) mass is 340 g/mol. The van der Waals surface area contributed by atoms with Gasteiger partial charge in [-0.05, 0) is 61.9 Å². The maximum absolute atomic E-state index is 12.3. The fourth-order valence-corrected chi connectivity index (χ4v) is 3.17. The van der Waals surface area contributed by atoms with Crippen molar-refractivity contribution in [3.05, 3.63) is 29.3 Å². The van der Waals surface area contributed by atoms with Crippen molar-refractivity contribution in [1.29, 1.82) is 0 Å². The zero-order valence-corrected chi connectivity index (χ0v) is 13.9. The highest BCUT2D eigenvalue weighted by Gasteiger charge is 2.22. The van der Waals surface area contributed by atoms with Gasteiger partial charge in [-0.1, -0.05) is 18.9 Å². The number of aryl methyl sites for hydroxylation is 1. The predicted octanol–water partition coefficient (Wildman–Crippen LogP) is 3.69. The summed E-state index contributed by atoms with van der Waals surface area (Å²) in [6, 6.07) is 4.96. The van der Waals surface area contributed by atoms with Crippen LogP contribution in [0.4, 0.5) is 8.78 Å². The summed E-state index contributed by atoms with van der Waals surface area (Å²) in [6.45, 7) is -2.12. The lowest BCUT2D eigenvalue weighted by molar-refractivity contribution is -0.122. The first-order chi connectivity index (χ1) is 11.6. The molecule has 0 radical (unpaired) electrons. The van der Waals surface area contributed by atoms with Gasteiger partial charge in [-0.3, -0.25) is 4.79 Å². The standard InChI is InChI=1S/C18H26F2N2O2/c19-18(20)24-14-9-10-15-13(12-14)6-5-7-16(15)22-17(23)8-3-1-2-4-11-21/h9-10,12,16,18H,1-8,11,21H2,(H,22,23). The molecule has 3 N–H and O–H groups in total. The molecule has 1 unspecified atom stereocenters. The second-order valence-corrected chi connectivity index (χ2v) is 6.20.